The molecule has 0 aliphatic heterocycles. The first-order valence-corrected chi connectivity index (χ1v) is 10.6. The van der Waals surface area contributed by atoms with Crippen molar-refractivity contribution in [3.05, 3.63) is 112 Å². The van der Waals surface area contributed by atoms with E-state index in [1.54, 1.807) is 36.5 Å². The van der Waals surface area contributed by atoms with Gasteiger partial charge in [-0.2, -0.15) is 0 Å². The number of nitrogens with one attached hydrogen (secondary N) is 4. The second-order valence-corrected chi connectivity index (χ2v) is 7.64. The van der Waals surface area contributed by atoms with E-state index in [-0.39, 0.29) is 23.3 Å². The Kier molecular flexibility index (Phi) is 6.49. The Morgan fingerprint density at radius 1 is 0.882 bits per heavy atom. The van der Waals surface area contributed by atoms with Crippen LogP contribution in [0.4, 0.5) is 34.3 Å². The lowest BCUT2D eigenvalue weighted by Gasteiger charge is -2.20. The molecule has 3 aromatic carbocycles. The maximum absolute atomic E-state index is 12.2. The number of hydrogen-bond donors (Lipinski definition) is 4. The predicted octanol–water partition coefficient (Wildman–Crippen LogP) is 4.46. The van der Waals surface area contributed by atoms with Gasteiger partial charge in [-0.25, -0.2) is 4.98 Å². The highest BCUT2D eigenvalue weighted by Gasteiger charge is 2.23. The molecule has 1 heterocycles. The molecule has 0 aliphatic rings. The number of carbonyl (C=O) groups is 1. The zero-order valence-electron chi connectivity index (χ0n) is 18.5. The summed E-state index contributed by atoms with van der Waals surface area (Å²) in [6.45, 7) is 5.37. The van der Waals surface area contributed by atoms with Crippen molar-refractivity contribution in [2.75, 3.05) is 21.3 Å². The Hall–Kier alpha value is -4.72. The highest BCUT2D eigenvalue weighted by Crippen LogP contribution is 2.27. The first-order valence-electron chi connectivity index (χ1n) is 10.6. The number of amides is 1. The number of pyridine rings is 1. The Balaban J connectivity index is 1.49. The molecule has 4 aromatic rings. The normalized spacial score (nSPS) is 11.4. The third kappa shape index (κ3) is 5.02. The minimum atomic E-state index is -0.570. The summed E-state index contributed by atoms with van der Waals surface area (Å²) < 4.78 is 0. The zero-order valence-corrected chi connectivity index (χ0v) is 18.5. The molecule has 170 valence electrons. The van der Waals surface area contributed by atoms with Gasteiger partial charge < -0.3 is 21.3 Å². The van der Waals surface area contributed by atoms with E-state index in [9.17, 15) is 14.4 Å². The van der Waals surface area contributed by atoms with Crippen LogP contribution in [-0.2, 0) is 4.79 Å². The van der Waals surface area contributed by atoms with E-state index < -0.39 is 10.9 Å². The minimum Gasteiger partial charge on any atom is -0.373 e. The minimum absolute atomic E-state index is 0.145. The third-order valence-electron chi connectivity index (χ3n) is 5.19. The quantitative estimate of drug-likeness (QED) is 0.219. The molecule has 0 spiro atoms. The number of hydrogen-bond acceptors (Lipinski definition) is 7. The van der Waals surface area contributed by atoms with Gasteiger partial charge in [-0.05, 0) is 42.8 Å². The molecule has 1 amide bonds. The molecule has 0 saturated heterocycles. The smallest absolute Gasteiger partial charge is 0.253 e. The molecule has 8 heteroatoms. The summed E-state index contributed by atoms with van der Waals surface area (Å²) in [5.74, 6) is 0.212. The molecule has 1 atom stereocenters. The monoisotopic (exact) mass is 453 g/mol. The van der Waals surface area contributed by atoms with Crippen molar-refractivity contribution in [3.63, 3.8) is 0 Å². The van der Waals surface area contributed by atoms with Crippen LogP contribution < -0.4 is 32.1 Å². The molecule has 0 fully saturated rings. The topological polar surface area (TPSA) is 112 Å². The number of rotatable bonds is 9. The van der Waals surface area contributed by atoms with E-state index in [1.165, 1.54) is 6.08 Å². The summed E-state index contributed by atoms with van der Waals surface area (Å²) in [4.78, 5) is 40.3. The largest absolute Gasteiger partial charge is 0.373 e. The number of nitrogens with zero attached hydrogens (tertiary/aromatic N) is 1. The fourth-order valence-corrected chi connectivity index (χ4v) is 3.43. The van der Waals surface area contributed by atoms with Gasteiger partial charge in [-0.1, -0.05) is 43.0 Å². The molecule has 0 unspecified atom stereocenters. The number of carbonyl (C=O) groups excluding carboxylic acids is 1. The van der Waals surface area contributed by atoms with E-state index in [0.29, 0.717) is 22.9 Å². The Morgan fingerprint density at radius 2 is 1.59 bits per heavy atom. The lowest BCUT2D eigenvalue weighted by atomic mass is 10.1. The maximum Gasteiger partial charge on any atom is 0.253 e. The zero-order chi connectivity index (χ0) is 24.1. The molecule has 4 N–H and O–H groups in total. The van der Waals surface area contributed by atoms with Crippen molar-refractivity contribution >= 4 is 40.2 Å². The Morgan fingerprint density at radius 3 is 2.35 bits per heavy atom. The van der Waals surface area contributed by atoms with Gasteiger partial charge in [0.05, 0.1) is 0 Å². The summed E-state index contributed by atoms with van der Waals surface area (Å²) in [6.07, 6.45) is 2.78. The Labute approximate surface area is 196 Å². The van der Waals surface area contributed by atoms with Crippen LogP contribution in [0.15, 0.2) is 95.2 Å². The van der Waals surface area contributed by atoms with Gasteiger partial charge in [0.1, 0.15) is 17.2 Å². The van der Waals surface area contributed by atoms with Crippen LogP contribution in [0.5, 0.6) is 0 Å². The lowest BCUT2D eigenvalue weighted by molar-refractivity contribution is -0.111. The first kappa shape index (κ1) is 22.5. The number of aromatic nitrogens is 1. The molecule has 0 aliphatic carbocycles. The average molecular weight is 454 g/mol. The first-order chi connectivity index (χ1) is 16.4. The average Bonchev–Trinajstić information content (AvgIpc) is 2.86. The third-order valence-corrected chi connectivity index (χ3v) is 5.19. The molecule has 0 radical (unpaired) electrons. The van der Waals surface area contributed by atoms with Crippen molar-refractivity contribution < 1.29 is 4.79 Å². The summed E-state index contributed by atoms with van der Waals surface area (Å²) in [7, 11) is 0. The summed E-state index contributed by atoms with van der Waals surface area (Å²) >= 11 is 0. The van der Waals surface area contributed by atoms with Crippen LogP contribution in [0.25, 0.3) is 0 Å². The maximum atomic E-state index is 12.2. The second-order valence-electron chi connectivity index (χ2n) is 7.64. The van der Waals surface area contributed by atoms with Gasteiger partial charge in [0.15, 0.2) is 0 Å². The van der Waals surface area contributed by atoms with Crippen molar-refractivity contribution in [3.8, 4) is 0 Å². The van der Waals surface area contributed by atoms with E-state index in [4.69, 9.17) is 0 Å². The molecule has 8 nitrogen and oxygen atoms in total. The number of anilines is 6. The van der Waals surface area contributed by atoms with Gasteiger partial charge in [0, 0.05) is 35.4 Å². The van der Waals surface area contributed by atoms with Crippen LogP contribution in [0.2, 0.25) is 0 Å². The van der Waals surface area contributed by atoms with E-state index in [0.717, 1.165) is 5.56 Å². The molecule has 0 saturated carbocycles. The van der Waals surface area contributed by atoms with Crippen molar-refractivity contribution in [2.24, 2.45) is 0 Å². The highest BCUT2D eigenvalue weighted by atomic mass is 16.2. The summed E-state index contributed by atoms with van der Waals surface area (Å²) in [5, 5.41) is 12.0. The Bertz CT molecular complexity index is 1410. The molecule has 4 rings (SSSR count). The standard InChI is InChI=1S/C26H23N5O3/c1-3-22(32)30-19-11-7-10-18(14-19)29-21-15-20(12-13-27-21)31-24-23(25(33)26(24)34)28-16(2)17-8-5-4-6-9-17/h3-16,28H,1H2,2H3,(H,30,32)(H2,27,29,31)/t16-/m1/s1. The molecular weight excluding hydrogens is 430 g/mol. The van der Waals surface area contributed by atoms with Gasteiger partial charge in [0.2, 0.25) is 5.91 Å². The molecule has 34 heavy (non-hydrogen) atoms. The second kappa shape index (κ2) is 9.83. The van der Waals surface area contributed by atoms with Crippen molar-refractivity contribution in [2.45, 2.75) is 13.0 Å². The molecule has 0 bridgehead atoms. The lowest BCUT2D eigenvalue weighted by Crippen LogP contribution is -2.37. The van der Waals surface area contributed by atoms with Crippen LogP contribution >= 0.6 is 0 Å². The van der Waals surface area contributed by atoms with E-state index in [1.807, 2.05) is 43.3 Å². The van der Waals surface area contributed by atoms with Crippen molar-refractivity contribution in [1.29, 1.82) is 0 Å². The molecule has 1 aromatic heterocycles. The summed E-state index contributed by atoms with van der Waals surface area (Å²) in [6, 6.07) is 20.1. The van der Waals surface area contributed by atoms with Crippen LogP contribution in [0, 0.1) is 0 Å². The predicted molar refractivity (Wildman–Crippen MR) is 136 cm³/mol. The molecular formula is C26H23N5O3. The highest BCUT2D eigenvalue weighted by molar-refractivity contribution is 5.99. The fourth-order valence-electron chi connectivity index (χ4n) is 3.43. The summed E-state index contributed by atoms with van der Waals surface area (Å²) in [5.41, 5.74) is 2.28. The SMILES string of the molecule is C=CC(=O)Nc1cccc(Nc2cc(Nc3c(N[C@H](C)c4ccccc4)c(=O)c3=O)ccn2)c1. The van der Waals surface area contributed by atoms with Gasteiger partial charge >= 0.3 is 0 Å². The van der Waals surface area contributed by atoms with Gasteiger partial charge in [0.25, 0.3) is 10.9 Å². The van der Waals surface area contributed by atoms with Gasteiger partial charge in [-0.15, -0.1) is 0 Å². The van der Waals surface area contributed by atoms with E-state index >= 15 is 0 Å². The fraction of sp³-hybridized carbons (Fsp3) is 0.0769. The van der Waals surface area contributed by atoms with Gasteiger partial charge in [-0.3, -0.25) is 14.4 Å². The van der Waals surface area contributed by atoms with E-state index in [2.05, 4.69) is 32.8 Å². The van der Waals surface area contributed by atoms with Crippen LogP contribution in [-0.4, -0.2) is 10.9 Å². The van der Waals surface area contributed by atoms with Crippen LogP contribution in [0.3, 0.4) is 0 Å². The number of benzene rings is 2. The van der Waals surface area contributed by atoms with Crippen molar-refractivity contribution in [1.82, 2.24) is 4.98 Å². The van der Waals surface area contributed by atoms with Crippen LogP contribution in [0.1, 0.15) is 18.5 Å².